The van der Waals surface area contributed by atoms with Gasteiger partial charge in [0, 0.05) is 6.54 Å². The molecule has 1 amide bonds. The molecule has 0 fully saturated rings. The van der Waals surface area contributed by atoms with Crippen molar-refractivity contribution in [1.82, 2.24) is 5.32 Å². The van der Waals surface area contributed by atoms with Crippen molar-refractivity contribution in [3.63, 3.8) is 0 Å². The molecule has 92 valence electrons. The highest BCUT2D eigenvalue weighted by atomic mass is 32.2. The first kappa shape index (κ1) is 15.3. The van der Waals surface area contributed by atoms with Gasteiger partial charge in [0.15, 0.2) is 0 Å². The number of hydrogen-bond acceptors (Lipinski definition) is 3. The normalized spacial score (nSPS) is 13.9. The molecular formula is C12H22N2OS. The number of amides is 1. The Bertz CT molecular complexity index is 250. The first-order chi connectivity index (χ1) is 7.60. The summed E-state index contributed by atoms with van der Waals surface area (Å²) in [6.45, 7) is 4.24. The summed E-state index contributed by atoms with van der Waals surface area (Å²) in [5.74, 6) is 1.04. The molecule has 3 nitrogen and oxygen atoms in total. The van der Waals surface area contributed by atoms with E-state index in [2.05, 4.69) is 17.6 Å². The molecule has 0 saturated carbocycles. The molecule has 0 aromatic heterocycles. The summed E-state index contributed by atoms with van der Waals surface area (Å²) in [5.41, 5.74) is -0.862. The van der Waals surface area contributed by atoms with Crippen LogP contribution in [0.25, 0.3) is 0 Å². The lowest BCUT2D eigenvalue weighted by molar-refractivity contribution is -0.127. The maximum absolute atomic E-state index is 11.7. The fraction of sp³-hybridized carbons (Fsp3) is 0.833. The Hall–Kier alpha value is -0.690. The predicted octanol–water partition coefficient (Wildman–Crippen LogP) is 2.58. The van der Waals surface area contributed by atoms with Crippen molar-refractivity contribution in [3.05, 3.63) is 0 Å². The van der Waals surface area contributed by atoms with Gasteiger partial charge in [-0.2, -0.15) is 17.0 Å². The van der Waals surface area contributed by atoms with Crippen molar-refractivity contribution in [1.29, 1.82) is 5.26 Å². The maximum atomic E-state index is 11.7. The van der Waals surface area contributed by atoms with Gasteiger partial charge in [0.25, 0.3) is 0 Å². The van der Waals surface area contributed by atoms with Crippen LogP contribution in [0, 0.1) is 16.7 Å². The SMILES string of the molecule is CCC(C)(C#N)C(=O)NCCCCCSC. The molecule has 0 aliphatic heterocycles. The van der Waals surface area contributed by atoms with Crippen LogP contribution in [0.3, 0.4) is 0 Å². The summed E-state index contributed by atoms with van der Waals surface area (Å²) in [6.07, 6.45) is 5.98. The molecule has 16 heavy (non-hydrogen) atoms. The number of carbonyl (C=O) groups excluding carboxylic acids is 1. The Balaban J connectivity index is 3.70. The predicted molar refractivity (Wildman–Crippen MR) is 69.3 cm³/mol. The zero-order valence-corrected chi connectivity index (χ0v) is 11.3. The van der Waals surface area contributed by atoms with Crippen molar-refractivity contribution in [2.24, 2.45) is 5.41 Å². The number of nitriles is 1. The highest BCUT2D eigenvalue weighted by Gasteiger charge is 2.30. The largest absolute Gasteiger partial charge is 0.355 e. The summed E-state index contributed by atoms with van der Waals surface area (Å²) >= 11 is 1.85. The smallest absolute Gasteiger partial charge is 0.240 e. The molecular weight excluding hydrogens is 220 g/mol. The average molecular weight is 242 g/mol. The molecule has 0 heterocycles. The Labute approximate surface area is 103 Å². The lowest BCUT2D eigenvalue weighted by Gasteiger charge is -2.18. The Kier molecular flexibility index (Phi) is 8.10. The summed E-state index contributed by atoms with van der Waals surface area (Å²) in [6, 6.07) is 2.07. The average Bonchev–Trinajstić information content (AvgIpc) is 2.32. The minimum atomic E-state index is -0.862. The monoisotopic (exact) mass is 242 g/mol. The van der Waals surface area contributed by atoms with Gasteiger partial charge in [-0.25, -0.2) is 0 Å². The van der Waals surface area contributed by atoms with E-state index in [-0.39, 0.29) is 5.91 Å². The van der Waals surface area contributed by atoms with Crippen LogP contribution in [0.5, 0.6) is 0 Å². The van der Waals surface area contributed by atoms with Crippen LogP contribution in [-0.2, 0) is 4.79 Å². The number of hydrogen-bond donors (Lipinski definition) is 1. The standard InChI is InChI=1S/C12H22N2OS/c1-4-12(2,10-13)11(15)14-8-6-5-7-9-16-3/h4-9H2,1-3H3,(H,14,15). The lowest BCUT2D eigenvalue weighted by Crippen LogP contribution is -2.38. The van der Waals surface area contributed by atoms with E-state index in [9.17, 15) is 4.79 Å². The summed E-state index contributed by atoms with van der Waals surface area (Å²) in [4.78, 5) is 11.7. The molecule has 0 aromatic carbocycles. The molecule has 0 rings (SSSR count). The third kappa shape index (κ3) is 5.41. The number of nitrogens with zero attached hydrogens (tertiary/aromatic N) is 1. The molecule has 0 aliphatic rings. The van der Waals surface area contributed by atoms with Gasteiger partial charge in [0.2, 0.25) is 5.91 Å². The van der Waals surface area contributed by atoms with Gasteiger partial charge in [0.1, 0.15) is 5.41 Å². The third-order valence-corrected chi connectivity index (χ3v) is 3.46. The topological polar surface area (TPSA) is 52.9 Å². The highest BCUT2D eigenvalue weighted by Crippen LogP contribution is 2.19. The number of carbonyl (C=O) groups is 1. The lowest BCUT2D eigenvalue weighted by atomic mass is 9.88. The van der Waals surface area contributed by atoms with Gasteiger partial charge in [0.05, 0.1) is 6.07 Å². The van der Waals surface area contributed by atoms with Crippen LogP contribution in [0.2, 0.25) is 0 Å². The van der Waals surface area contributed by atoms with Crippen molar-refractivity contribution in [3.8, 4) is 6.07 Å². The fourth-order valence-corrected chi connectivity index (χ4v) is 1.73. The van der Waals surface area contributed by atoms with Crippen LogP contribution in [0.4, 0.5) is 0 Å². The Morgan fingerprint density at radius 3 is 2.62 bits per heavy atom. The van der Waals surface area contributed by atoms with E-state index in [4.69, 9.17) is 5.26 Å². The molecule has 0 saturated heterocycles. The van der Waals surface area contributed by atoms with Crippen LogP contribution < -0.4 is 5.32 Å². The summed E-state index contributed by atoms with van der Waals surface area (Å²) in [7, 11) is 0. The van der Waals surface area contributed by atoms with Gasteiger partial charge in [-0.3, -0.25) is 4.79 Å². The second-order valence-corrected chi connectivity index (χ2v) is 5.09. The first-order valence-electron chi connectivity index (χ1n) is 5.79. The van der Waals surface area contributed by atoms with Crippen molar-refractivity contribution >= 4 is 17.7 Å². The van der Waals surface area contributed by atoms with E-state index in [1.54, 1.807) is 6.92 Å². The van der Waals surface area contributed by atoms with Gasteiger partial charge >= 0.3 is 0 Å². The zero-order valence-electron chi connectivity index (χ0n) is 10.5. The molecule has 1 atom stereocenters. The van der Waals surface area contributed by atoms with Crippen LogP contribution in [-0.4, -0.2) is 24.5 Å². The molecule has 0 aliphatic carbocycles. The Morgan fingerprint density at radius 2 is 2.12 bits per heavy atom. The molecule has 4 heteroatoms. The second kappa shape index (κ2) is 8.46. The van der Waals surface area contributed by atoms with Gasteiger partial charge < -0.3 is 5.32 Å². The highest BCUT2D eigenvalue weighted by molar-refractivity contribution is 7.98. The van der Waals surface area contributed by atoms with Crippen LogP contribution in [0.1, 0.15) is 39.5 Å². The second-order valence-electron chi connectivity index (χ2n) is 4.11. The quantitative estimate of drug-likeness (QED) is 0.666. The summed E-state index contributed by atoms with van der Waals surface area (Å²) in [5, 5.41) is 11.7. The Morgan fingerprint density at radius 1 is 1.44 bits per heavy atom. The van der Waals surface area contributed by atoms with Crippen molar-refractivity contribution in [2.75, 3.05) is 18.6 Å². The molecule has 1 N–H and O–H groups in total. The van der Waals surface area contributed by atoms with Gasteiger partial charge in [-0.1, -0.05) is 13.3 Å². The van der Waals surface area contributed by atoms with E-state index >= 15 is 0 Å². The molecule has 0 bridgehead atoms. The van der Waals surface area contributed by atoms with Crippen LogP contribution >= 0.6 is 11.8 Å². The molecule has 0 spiro atoms. The maximum Gasteiger partial charge on any atom is 0.240 e. The van der Waals surface area contributed by atoms with E-state index in [0.717, 1.165) is 12.8 Å². The fourth-order valence-electron chi connectivity index (χ4n) is 1.24. The third-order valence-electron chi connectivity index (χ3n) is 2.77. The number of nitrogens with one attached hydrogen (secondary N) is 1. The van der Waals surface area contributed by atoms with Gasteiger partial charge in [-0.15, -0.1) is 0 Å². The summed E-state index contributed by atoms with van der Waals surface area (Å²) < 4.78 is 0. The van der Waals surface area contributed by atoms with E-state index in [0.29, 0.717) is 13.0 Å². The van der Waals surface area contributed by atoms with Gasteiger partial charge in [-0.05, 0) is 38.2 Å². The van der Waals surface area contributed by atoms with E-state index in [1.165, 1.54) is 12.2 Å². The first-order valence-corrected chi connectivity index (χ1v) is 7.18. The number of unbranched alkanes of at least 4 members (excludes halogenated alkanes) is 2. The van der Waals surface area contributed by atoms with Crippen molar-refractivity contribution in [2.45, 2.75) is 39.5 Å². The molecule has 0 aromatic rings. The molecule has 1 unspecified atom stereocenters. The number of thioether (sulfide) groups is 1. The van der Waals surface area contributed by atoms with Crippen molar-refractivity contribution < 1.29 is 4.79 Å². The zero-order chi connectivity index (χ0) is 12.4. The minimum Gasteiger partial charge on any atom is -0.355 e. The molecule has 0 radical (unpaired) electrons. The van der Waals surface area contributed by atoms with E-state index < -0.39 is 5.41 Å². The minimum absolute atomic E-state index is 0.137. The van der Waals surface area contributed by atoms with E-state index in [1.807, 2.05) is 18.7 Å². The van der Waals surface area contributed by atoms with Crippen LogP contribution in [0.15, 0.2) is 0 Å². The number of rotatable bonds is 8.